The maximum atomic E-state index is 11.3. The highest BCUT2D eigenvalue weighted by atomic mass is 32.2. The second kappa shape index (κ2) is 3.39. The van der Waals surface area contributed by atoms with Gasteiger partial charge in [-0.05, 0) is 12.1 Å². The van der Waals surface area contributed by atoms with E-state index in [2.05, 4.69) is 0 Å². The summed E-state index contributed by atoms with van der Waals surface area (Å²) in [5, 5.41) is 5.15. The smallest absolute Gasteiger partial charge is 0.299 e. The van der Waals surface area contributed by atoms with E-state index in [0.29, 0.717) is 18.8 Å². The van der Waals surface area contributed by atoms with Crippen molar-refractivity contribution in [1.82, 2.24) is 0 Å². The Bertz CT molecular complexity index is 472. The molecule has 0 spiro atoms. The first-order valence-electron chi connectivity index (χ1n) is 4.61. The molecule has 6 heteroatoms. The first-order valence-corrected chi connectivity index (χ1v) is 6.11. The van der Waals surface area contributed by atoms with Crippen LogP contribution in [0.15, 0.2) is 24.3 Å². The topological polar surface area (TPSA) is 66.6 Å². The van der Waals surface area contributed by atoms with Crippen LogP contribution < -0.4 is 14.3 Å². The molecule has 0 amide bonds. The fourth-order valence-corrected chi connectivity index (χ4v) is 2.51. The molecule has 1 aliphatic rings. The Kier molecular flexibility index (Phi) is 2.32. The molecule has 2 rings (SSSR count). The predicted octanol–water partition coefficient (Wildman–Crippen LogP) is 0.146. The summed E-state index contributed by atoms with van der Waals surface area (Å²) in [7, 11) is -1.73. The van der Waals surface area contributed by atoms with Gasteiger partial charge in [0.1, 0.15) is 0 Å². The second-order valence-electron chi connectivity index (χ2n) is 3.53. The van der Waals surface area contributed by atoms with Gasteiger partial charge in [0.25, 0.3) is 10.2 Å². The van der Waals surface area contributed by atoms with E-state index in [0.717, 1.165) is 5.69 Å². The third-order valence-electron chi connectivity index (χ3n) is 2.51. The van der Waals surface area contributed by atoms with Crippen molar-refractivity contribution < 1.29 is 8.42 Å². The zero-order valence-electron chi connectivity index (χ0n) is 8.42. The molecule has 82 valence electrons. The van der Waals surface area contributed by atoms with Crippen molar-refractivity contribution in [3.63, 3.8) is 0 Å². The summed E-state index contributed by atoms with van der Waals surface area (Å²) >= 11 is 0. The van der Waals surface area contributed by atoms with Gasteiger partial charge in [-0.3, -0.25) is 4.31 Å². The van der Waals surface area contributed by atoms with Crippen molar-refractivity contribution in [2.45, 2.75) is 0 Å². The summed E-state index contributed by atoms with van der Waals surface area (Å²) in [5.41, 5.74) is 1.53. The van der Waals surface area contributed by atoms with Gasteiger partial charge in [0, 0.05) is 13.6 Å². The van der Waals surface area contributed by atoms with Gasteiger partial charge in [0.15, 0.2) is 0 Å². The van der Waals surface area contributed by atoms with Crippen LogP contribution in [0, 0.1) is 0 Å². The van der Waals surface area contributed by atoms with E-state index in [9.17, 15) is 8.42 Å². The van der Waals surface area contributed by atoms with E-state index in [1.807, 2.05) is 24.1 Å². The Hall–Kier alpha value is -1.27. The first kappa shape index (κ1) is 10.3. The summed E-state index contributed by atoms with van der Waals surface area (Å²) in [5.74, 6) is 0. The number of anilines is 2. The SMILES string of the molecule is CN1CCN(S(N)(=O)=O)c2ccccc21. The molecule has 1 aromatic carbocycles. The lowest BCUT2D eigenvalue weighted by Crippen LogP contribution is -2.45. The number of fused-ring (bicyclic) bond motifs is 1. The van der Waals surface area contributed by atoms with E-state index in [1.165, 1.54) is 4.31 Å². The van der Waals surface area contributed by atoms with E-state index in [-0.39, 0.29) is 0 Å². The first-order chi connectivity index (χ1) is 7.00. The highest BCUT2D eigenvalue weighted by Gasteiger charge is 2.26. The lowest BCUT2D eigenvalue weighted by Gasteiger charge is -2.34. The number of hydrogen-bond donors (Lipinski definition) is 1. The van der Waals surface area contributed by atoms with Crippen molar-refractivity contribution in [3.8, 4) is 0 Å². The molecule has 0 saturated carbocycles. The number of benzene rings is 1. The summed E-state index contributed by atoms with van der Waals surface area (Å²) in [6.07, 6.45) is 0. The zero-order valence-corrected chi connectivity index (χ0v) is 9.24. The van der Waals surface area contributed by atoms with Crippen LogP contribution in [0.1, 0.15) is 0 Å². The van der Waals surface area contributed by atoms with Crippen molar-refractivity contribution in [2.24, 2.45) is 5.14 Å². The molecule has 15 heavy (non-hydrogen) atoms. The van der Waals surface area contributed by atoms with E-state index in [4.69, 9.17) is 5.14 Å². The van der Waals surface area contributed by atoms with Crippen molar-refractivity contribution in [2.75, 3.05) is 29.3 Å². The van der Waals surface area contributed by atoms with Gasteiger partial charge >= 0.3 is 0 Å². The van der Waals surface area contributed by atoms with Crippen molar-refractivity contribution in [1.29, 1.82) is 0 Å². The molecule has 0 bridgehead atoms. The average molecular weight is 227 g/mol. The third-order valence-corrected chi connectivity index (χ3v) is 3.50. The van der Waals surface area contributed by atoms with E-state index < -0.39 is 10.2 Å². The number of rotatable bonds is 1. The number of para-hydroxylation sites is 2. The summed E-state index contributed by atoms with van der Waals surface area (Å²) in [6, 6.07) is 7.32. The van der Waals surface area contributed by atoms with Crippen LogP contribution in [0.25, 0.3) is 0 Å². The highest BCUT2D eigenvalue weighted by Crippen LogP contribution is 2.32. The fraction of sp³-hybridized carbons (Fsp3) is 0.333. The molecule has 1 aliphatic heterocycles. The van der Waals surface area contributed by atoms with Crippen LogP contribution in [-0.2, 0) is 10.2 Å². The van der Waals surface area contributed by atoms with Gasteiger partial charge in [-0.1, -0.05) is 12.1 Å². The average Bonchev–Trinajstić information content (AvgIpc) is 2.17. The highest BCUT2D eigenvalue weighted by molar-refractivity contribution is 7.90. The maximum absolute atomic E-state index is 11.3. The minimum atomic E-state index is -3.66. The molecule has 0 aromatic heterocycles. The van der Waals surface area contributed by atoms with Crippen LogP contribution in [0.3, 0.4) is 0 Å². The molecule has 0 radical (unpaired) electrons. The monoisotopic (exact) mass is 227 g/mol. The van der Waals surface area contributed by atoms with E-state index >= 15 is 0 Å². The summed E-state index contributed by atoms with van der Waals surface area (Å²) in [4.78, 5) is 2.01. The van der Waals surface area contributed by atoms with E-state index in [1.54, 1.807) is 12.1 Å². The van der Waals surface area contributed by atoms with Crippen LogP contribution in [0.5, 0.6) is 0 Å². The Labute approximate surface area is 89.3 Å². The van der Waals surface area contributed by atoms with Gasteiger partial charge in [-0.2, -0.15) is 8.42 Å². The van der Waals surface area contributed by atoms with Crippen molar-refractivity contribution >= 4 is 21.6 Å². The van der Waals surface area contributed by atoms with Gasteiger partial charge < -0.3 is 4.90 Å². The Morgan fingerprint density at radius 3 is 2.40 bits per heavy atom. The molecule has 0 fully saturated rings. The fourth-order valence-electron chi connectivity index (χ4n) is 1.74. The van der Waals surface area contributed by atoms with Gasteiger partial charge in [-0.25, -0.2) is 5.14 Å². The second-order valence-corrected chi connectivity index (χ2v) is 5.00. The summed E-state index contributed by atoms with van der Waals surface area (Å²) in [6.45, 7) is 1.04. The third kappa shape index (κ3) is 1.78. The normalized spacial score (nSPS) is 16.4. The molecule has 0 atom stereocenters. The lowest BCUT2D eigenvalue weighted by molar-refractivity contribution is 0.591. The molecular formula is C9H13N3O2S. The Morgan fingerprint density at radius 1 is 1.20 bits per heavy atom. The molecule has 2 N–H and O–H groups in total. The minimum Gasteiger partial charge on any atom is -0.371 e. The molecule has 5 nitrogen and oxygen atoms in total. The number of nitrogens with zero attached hydrogens (tertiary/aromatic N) is 2. The molecule has 1 heterocycles. The van der Waals surface area contributed by atoms with Gasteiger partial charge in [0.2, 0.25) is 0 Å². The Morgan fingerprint density at radius 2 is 1.80 bits per heavy atom. The quantitative estimate of drug-likeness (QED) is 0.742. The molecule has 0 aliphatic carbocycles. The minimum absolute atomic E-state index is 0.395. The van der Waals surface area contributed by atoms with Crippen LogP contribution in [0.4, 0.5) is 11.4 Å². The zero-order chi connectivity index (χ0) is 11.1. The number of hydrogen-bond acceptors (Lipinski definition) is 3. The molecule has 0 unspecified atom stereocenters. The van der Waals surface area contributed by atoms with Gasteiger partial charge in [-0.15, -0.1) is 0 Å². The molecule has 0 saturated heterocycles. The predicted molar refractivity (Wildman–Crippen MR) is 60.2 cm³/mol. The lowest BCUT2D eigenvalue weighted by atomic mass is 10.2. The number of likely N-dealkylation sites (N-methyl/N-ethyl adjacent to an activating group) is 1. The largest absolute Gasteiger partial charge is 0.371 e. The Balaban J connectivity index is 2.54. The van der Waals surface area contributed by atoms with Crippen LogP contribution in [0.2, 0.25) is 0 Å². The molecule has 1 aromatic rings. The molecular weight excluding hydrogens is 214 g/mol. The van der Waals surface area contributed by atoms with Crippen LogP contribution in [-0.4, -0.2) is 28.6 Å². The standard InChI is InChI=1S/C9H13N3O2S/c1-11-6-7-12(15(10,13)14)9-5-3-2-4-8(9)11/h2-5H,6-7H2,1H3,(H2,10,13,14). The number of nitrogens with two attached hydrogens (primary N) is 1. The van der Waals surface area contributed by atoms with Crippen LogP contribution >= 0.6 is 0 Å². The summed E-state index contributed by atoms with van der Waals surface area (Å²) < 4.78 is 23.9. The van der Waals surface area contributed by atoms with Crippen molar-refractivity contribution in [3.05, 3.63) is 24.3 Å². The maximum Gasteiger partial charge on any atom is 0.299 e. The van der Waals surface area contributed by atoms with Gasteiger partial charge in [0.05, 0.1) is 17.9 Å².